The zero-order valence-corrected chi connectivity index (χ0v) is 10.1. The number of ether oxygens (including phenoxy) is 1. The zero-order valence-electron chi connectivity index (χ0n) is 10.1. The van der Waals surface area contributed by atoms with Crippen LogP contribution in [0.1, 0.15) is 12.6 Å². The van der Waals surface area contributed by atoms with Crippen LogP contribution < -0.4 is 9.64 Å². The first-order chi connectivity index (χ1) is 7.54. The van der Waals surface area contributed by atoms with Crippen molar-refractivity contribution in [2.75, 3.05) is 19.1 Å². The van der Waals surface area contributed by atoms with Crippen molar-refractivity contribution in [3.63, 3.8) is 0 Å². The van der Waals surface area contributed by atoms with Crippen LogP contribution in [0.5, 0.6) is 5.88 Å². The SMILES string of the molecule is C=C(C)N=CN(C)c1ncc(C)nc1OC. The summed E-state index contributed by atoms with van der Waals surface area (Å²) in [7, 11) is 3.39. The Kier molecular flexibility index (Phi) is 3.99. The summed E-state index contributed by atoms with van der Waals surface area (Å²) in [5.41, 5.74) is 1.54. The van der Waals surface area contributed by atoms with Crippen LogP contribution in [0.15, 0.2) is 23.5 Å². The third kappa shape index (κ3) is 3.05. The summed E-state index contributed by atoms with van der Waals surface area (Å²) in [5.74, 6) is 1.11. The van der Waals surface area contributed by atoms with Gasteiger partial charge in [0.15, 0.2) is 5.82 Å². The van der Waals surface area contributed by atoms with Gasteiger partial charge in [-0.15, -0.1) is 0 Å². The van der Waals surface area contributed by atoms with E-state index in [2.05, 4.69) is 21.5 Å². The molecule has 0 fully saturated rings. The molecule has 1 aromatic rings. The van der Waals surface area contributed by atoms with Gasteiger partial charge in [0.05, 0.1) is 25.3 Å². The van der Waals surface area contributed by atoms with Gasteiger partial charge in [0, 0.05) is 12.7 Å². The Morgan fingerprint density at radius 2 is 2.31 bits per heavy atom. The number of hydrogen-bond donors (Lipinski definition) is 0. The molecule has 86 valence electrons. The van der Waals surface area contributed by atoms with E-state index in [1.165, 1.54) is 0 Å². The molecule has 16 heavy (non-hydrogen) atoms. The number of methoxy groups -OCH3 is 1. The topological polar surface area (TPSA) is 50.6 Å². The van der Waals surface area contributed by atoms with Gasteiger partial charge in [0.1, 0.15) is 0 Å². The second-order valence-electron chi connectivity index (χ2n) is 3.44. The first-order valence-corrected chi connectivity index (χ1v) is 4.84. The molecule has 0 aliphatic heterocycles. The smallest absolute Gasteiger partial charge is 0.257 e. The van der Waals surface area contributed by atoms with E-state index >= 15 is 0 Å². The Morgan fingerprint density at radius 3 is 2.88 bits per heavy atom. The number of aliphatic imine (C=N–C) groups is 1. The van der Waals surface area contributed by atoms with Crippen LogP contribution in [0.4, 0.5) is 5.82 Å². The maximum atomic E-state index is 5.15. The monoisotopic (exact) mass is 220 g/mol. The molecule has 0 aliphatic carbocycles. The van der Waals surface area contributed by atoms with Gasteiger partial charge < -0.3 is 9.64 Å². The third-order valence-electron chi connectivity index (χ3n) is 1.82. The molecular formula is C11H16N4O. The van der Waals surface area contributed by atoms with Crippen LogP contribution in [-0.4, -0.2) is 30.5 Å². The summed E-state index contributed by atoms with van der Waals surface area (Å²) in [6.07, 6.45) is 3.31. The van der Waals surface area contributed by atoms with Crippen molar-refractivity contribution in [3.05, 3.63) is 24.2 Å². The molecule has 5 nitrogen and oxygen atoms in total. The van der Waals surface area contributed by atoms with Crippen molar-refractivity contribution >= 4 is 12.2 Å². The molecule has 0 atom stereocenters. The second-order valence-corrected chi connectivity index (χ2v) is 3.44. The maximum absolute atomic E-state index is 5.15. The van der Waals surface area contributed by atoms with Gasteiger partial charge in [0.25, 0.3) is 5.88 Å². The van der Waals surface area contributed by atoms with Crippen molar-refractivity contribution in [2.45, 2.75) is 13.8 Å². The van der Waals surface area contributed by atoms with Gasteiger partial charge >= 0.3 is 0 Å². The van der Waals surface area contributed by atoms with Crippen LogP contribution in [0, 0.1) is 6.92 Å². The normalized spacial score (nSPS) is 10.5. The molecule has 0 aromatic carbocycles. The van der Waals surface area contributed by atoms with Gasteiger partial charge in [-0.2, -0.15) is 0 Å². The summed E-state index contributed by atoms with van der Waals surface area (Å²) in [5, 5.41) is 0. The van der Waals surface area contributed by atoms with E-state index in [0.717, 1.165) is 11.4 Å². The third-order valence-corrected chi connectivity index (χ3v) is 1.82. The van der Waals surface area contributed by atoms with Gasteiger partial charge in [-0.1, -0.05) is 6.58 Å². The van der Waals surface area contributed by atoms with Crippen LogP contribution in [0.3, 0.4) is 0 Å². The Morgan fingerprint density at radius 1 is 1.62 bits per heavy atom. The number of aromatic nitrogens is 2. The molecule has 0 unspecified atom stereocenters. The minimum Gasteiger partial charge on any atom is -0.478 e. The van der Waals surface area contributed by atoms with E-state index in [1.54, 1.807) is 24.5 Å². The molecule has 1 heterocycles. The summed E-state index contributed by atoms with van der Waals surface area (Å²) in [4.78, 5) is 14.3. The fraction of sp³-hybridized carbons (Fsp3) is 0.364. The number of hydrogen-bond acceptors (Lipinski definition) is 4. The molecule has 0 bridgehead atoms. The quantitative estimate of drug-likeness (QED) is 0.573. The minimum atomic E-state index is 0.482. The van der Waals surface area contributed by atoms with E-state index < -0.39 is 0 Å². The average molecular weight is 220 g/mol. The second kappa shape index (κ2) is 5.25. The zero-order chi connectivity index (χ0) is 12.1. The molecule has 0 spiro atoms. The Balaban J connectivity index is 2.98. The van der Waals surface area contributed by atoms with Crippen LogP contribution in [0.25, 0.3) is 0 Å². The van der Waals surface area contributed by atoms with Gasteiger partial charge in [-0.3, -0.25) is 0 Å². The number of allylic oxidation sites excluding steroid dienone is 1. The minimum absolute atomic E-state index is 0.482. The predicted molar refractivity (Wildman–Crippen MR) is 65.0 cm³/mol. The number of rotatable bonds is 4. The van der Waals surface area contributed by atoms with E-state index in [4.69, 9.17) is 4.74 Å². The van der Waals surface area contributed by atoms with Crippen molar-refractivity contribution in [1.29, 1.82) is 0 Å². The number of nitrogens with zero attached hydrogens (tertiary/aromatic N) is 4. The molecule has 1 aromatic heterocycles. The van der Waals surface area contributed by atoms with Crippen molar-refractivity contribution in [2.24, 2.45) is 4.99 Å². The average Bonchev–Trinajstić information content (AvgIpc) is 2.25. The molecule has 0 amide bonds. The summed E-state index contributed by atoms with van der Waals surface area (Å²) < 4.78 is 5.15. The van der Waals surface area contributed by atoms with E-state index in [-0.39, 0.29) is 0 Å². The first kappa shape index (κ1) is 12.2. The van der Waals surface area contributed by atoms with Gasteiger partial charge in [-0.25, -0.2) is 15.0 Å². The molecule has 0 aliphatic rings. The molecule has 0 saturated heterocycles. The summed E-state index contributed by atoms with van der Waals surface area (Å²) in [6.45, 7) is 7.37. The Bertz CT molecular complexity index is 414. The summed E-state index contributed by atoms with van der Waals surface area (Å²) in [6, 6.07) is 0. The molecular weight excluding hydrogens is 204 g/mol. The Labute approximate surface area is 95.5 Å². The van der Waals surface area contributed by atoms with Gasteiger partial charge in [-0.05, 0) is 13.8 Å². The first-order valence-electron chi connectivity index (χ1n) is 4.84. The van der Waals surface area contributed by atoms with Crippen molar-refractivity contribution < 1.29 is 4.74 Å². The Hall–Kier alpha value is -1.91. The number of aryl methyl sites for hydroxylation is 1. The predicted octanol–water partition coefficient (Wildman–Crippen LogP) is 1.79. The highest BCUT2D eigenvalue weighted by Gasteiger charge is 2.09. The lowest BCUT2D eigenvalue weighted by molar-refractivity contribution is 0.396. The highest BCUT2D eigenvalue weighted by molar-refractivity contribution is 5.79. The standard InChI is InChI=1S/C11H16N4O/c1-8(2)13-7-15(4)10-11(16-5)14-9(3)6-12-10/h6-7H,1H2,2-5H3. The van der Waals surface area contributed by atoms with Crippen LogP contribution in [-0.2, 0) is 0 Å². The molecule has 0 saturated carbocycles. The van der Waals surface area contributed by atoms with Crippen molar-refractivity contribution in [1.82, 2.24) is 9.97 Å². The molecule has 5 heteroatoms. The highest BCUT2D eigenvalue weighted by Crippen LogP contribution is 2.20. The largest absolute Gasteiger partial charge is 0.478 e. The molecule has 0 N–H and O–H groups in total. The lowest BCUT2D eigenvalue weighted by atomic mass is 10.5. The van der Waals surface area contributed by atoms with Crippen LogP contribution in [0.2, 0.25) is 0 Å². The fourth-order valence-corrected chi connectivity index (χ4v) is 1.07. The highest BCUT2D eigenvalue weighted by atomic mass is 16.5. The van der Waals surface area contributed by atoms with Crippen LogP contribution >= 0.6 is 0 Å². The summed E-state index contributed by atoms with van der Waals surface area (Å²) >= 11 is 0. The number of anilines is 1. The molecule has 1 rings (SSSR count). The fourth-order valence-electron chi connectivity index (χ4n) is 1.07. The van der Waals surface area contributed by atoms with E-state index in [0.29, 0.717) is 11.7 Å². The van der Waals surface area contributed by atoms with E-state index in [9.17, 15) is 0 Å². The lowest BCUT2D eigenvalue weighted by Crippen LogP contribution is -2.17. The van der Waals surface area contributed by atoms with Gasteiger partial charge in [0.2, 0.25) is 0 Å². The van der Waals surface area contributed by atoms with Crippen molar-refractivity contribution in [3.8, 4) is 5.88 Å². The lowest BCUT2D eigenvalue weighted by Gasteiger charge is -2.14. The molecule has 0 radical (unpaired) electrons. The van der Waals surface area contributed by atoms with E-state index in [1.807, 2.05) is 20.9 Å². The maximum Gasteiger partial charge on any atom is 0.257 e.